The minimum absolute atomic E-state index is 0.278. The highest BCUT2D eigenvalue weighted by atomic mass is 35.5. The quantitative estimate of drug-likeness (QED) is 0.579. The Bertz CT molecular complexity index is 281. The molecular formula is C8H9Cl2NO2. The predicted octanol–water partition coefficient (Wildman–Crippen LogP) is 2.41. The third kappa shape index (κ3) is 3.38. The summed E-state index contributed by atoms with van der Waals surface area (Å²) < 4.78 is 10.1. The van der Waals surface area contributed by atoms with Crippen molar-refractivity contribution >= 4 is 23.2 Å². The zero-order valence-electron chi connectivity index (χ0n) is 7.09. The van der Waals surface area contributed by atoms with E-state index in [2.05, 4.69) is 4.98 Å². The number of halogens is 2. The molecule has 0 aromatic carbocycles. The molecule has 0 aliphatic rings. The number of ether oxygens (including phenoxy) is 2. The van der Waals surface area contributed by atoms with Gasteiger partial charge in [-0.3, -0.25) is 0 Å². The van der Waals surface area contributed by atoms with Crippen LogP contribution < -0.4 is 4.74 Å². The lowest BCUT2D eigenvalue weighted by Gasteiger charge is -2.05. The molecule has 1 rings (SSSR count). The third-order valence-electron chi connectivity index (χ3n) is 1.33. The molecule has 0 saturated heterocycles. The van der Waals surface area contributed by atoms with Crippen LogP contribution in [0.4, 0.5) is 0 Å². The molecule has 1 aromatic rings. The second-order valence-electron chi connectivity index (χ2n) is 2.28. The molecule has 0 atom stereocenters. The van der Waals surface area contributed by atoms with E-state index >= 15 is 0 Å². The molecule has 72 valence electrons. The van der Waals surface area contributed by atoms with E-state index in [9.17, 15) is 0 Å². The first-order chi connectivity index (χ1) is 6.24. The highest BCUT2D eigenvalue weighted by Gasteiger charge is 2.00. The first kappa shape index (κ1) is 10.6. The summed E-state index contributed by atoms with van der Waals surface area (Å²) in [5.41, 5.74) is 0. The fourth-order valence-corrected chi connectivity index (χ4v) is 0.985. The minimum Gasteiger partial charge on any atom is -0.490 e. The maximum absolute atomic E-state index is 5.72. The van der Waals surface area contributed by atoms with Crippen molar-refractivity contribution in [2.24, 2.45) is 0 Å². The van der Waals surface area contributed by atoms with Crippen LogP contribution in [-0.4, -0.2) is 25.3 Å². The maximum Gasteiger partial charge on any atom is 0.147 e. The van der Waals surface area contributed by atoms with E-state index in [1.807, 2.05) is 0 Å². The molecule has 13 heavy (non-hydrogen) atoms. The summed E-state index contributed by atoms with van der Waals surface area (Å²) in [4.78, 5) is 3.83. The summed E-state index contributed by atoms with van der Waals surface area (Å²) in [6, 6.07) is 1.62. The Morgan fingerprint density at radius 2 is 2.15 bits per heavy atom. The van der Waals surface area contributed by atoms with Crippen molar-refractivity contribution in [3.05, 3.63) is 22.4 Å². The predicted molar refractivity (Wildman–Crippen MR) is 51.6 cm³/mol. The normalized spacial score (nSPS) is 10.1. The molecule has 3 nitrogen and oxygen atoms in total. The van der Waals surface area contributed by atoms with Crippen LogP contribution in [-0.2, 0) is 4.74 Å². The third-order valence-corrected chi connectivity index (χ3v) is 2.01. The monoisotopic (exact) mass is 221 g/mol. The molecular weight excluding hydrogens is 213 g/mol. The molecule has 0 aliphatic heterocycles. The van der Waals surface area contributed by atoms with E-state index in [0.717, 1.165) is 0 Å². The van der Waals surface area contributed by atoms with Gasteiger partial charge in [0.15, 0.2) is 0 Å². The van der Waals surface area contributed by atoms with Gasteiger partial charge in [-0.2, -0.15) is 0 Å². The Kier molecular flexibility index (Phi) is 4.28. The summed E-state index contributed by atoms with van der Waals surface area (Å²) in [5, 5.41) is 0.664. The van der Waals surface area contributed by atoms with Gasteiger partial charge in [0.25, 0.3) is 0 Å². The topological polar surface area (TPSA) is 31.4 Å². The first-order valence-electron chi connectivity index (χ1n) is 3.67. The standard InChI is InChI=1S/C8H9Cl2NO2/c1-12-2-3-13-6-4-7(9)8(10)11-5-6/h4-5H,2-3H2,1H3. The highest BCUT2D eigenvalue weighted by molar-refractivity contribution is 6.41. The minimum atomic E-state index is 0.278. The summed E-state index contributed by atoms with van der Waals surface area (Å²) >= 11 is 11.3. The molecule has 0 unspecified atom stereocenters. The van der Waals surface area contributed by atoms with E-state index in [1.54, 1.807) is 13.2 Å². The molecule has 0 radical (unpaired) electrons. The smallest absolute Gasteiger partial charge is 0.147 e. The van der Waals surface area contributed by atoms with Gasteiger partial charge in [0.05, 0.1) is 17.8 Å². The highest BCUT2D eigenvalue weighted by Crippen LogP contribution is 2.23. The van der Waals surface area contributed by atoms with Gasteiger partial charge in [0.1, 0.15) is 17.5 Å². The van der Waals surface area contributed by atoms with Gasteiger partial charge in [-0.05, 0) is 0 Å². The number of pyridine rings is 1. The van der Waals surface area contributed by atoms with Gasteiger partial charge < -0.3 is 9.47 Å². The van der Waals surface area contributed by atoms with Crippen LogP contribution >= 0.6 is 23.2 Å². The number of hydrogen-bond acceptors (Lipinski definition) is 3. The van der Waals surface area contributed by atoms with Crippen molar-refractivity contribution in [2.45, 2.75) is 0 Å². The molecule has 0 bridgehead atoms. The number of methoxy groups -OCH3 is 1. The molecule has 0 amide bonds. The van der Waals surface area contributed by atoms with Gasteiger partial charge in [-0.15, -0.1) is 0 Å². The molecule has 0 N–H and O–H groups in total. The number of nitrogens with zero attached hydrogens (tertiary/aromatic N) is 1. The lowest BCUT2D eigenvalue weighted by atomic mass is 10.4. The van der Waals surface area contributed by atoms with Crippen molar-refractivity contribution in [3.8, 4) is 5.75 Å². The molecule has 0 saturated carbocycles. The van der Waals surface area contributed by atoms with E-state index < -0.39 is 0 Å². The fourth-order valence-electron chi connectivity index (χ4n) is 0.725. The first-order valence-corrected chi connectivity index (χ1v) is 4.42. The zero-order valence-corrected chi connectivity index (χ0v) is 8.60. The number of hydrogen-bond donors (Lipinski definition) is 0. The summed E-state index contributed by atoms with van der Waals surface area (Å²) in [7, 11) is 1.61. The Morgan fingerprint density at radius 3 is 2.77 bits per heavy atom. The molecule has 0 spiro atoms. The van der Waals surface area contributed by atoms with Crippen molar-refractivity contribution < 1.29 is 9.47 Å². The lowest BCUT2D eigenvalue weighted by molar-refractivity contribution is 0.146. The Labute approximate surface area is 86.6 Å². The average Bonchev–Trinajstić information content (AvgIpc) is 2.12. The second kappa shape index (κ2) is 5.27. The average molecular weight is 222 g/mol. The fraction of sp³-hybridized carbons (Fsp3) is 0.375. The van der Waals surface area contributed by atoms with Crippen LogP contribution in [0.25, 0.3) is 0 Å². The van der Waals surface area contributed by atoms with Crippen LogP contribution in [0, 0.1) is 0 Å². The number of rotatable bonds is 4. The van der Waals surface area contributed by atoms with Gasteiger partial charge in [-0.25, -0.2) is 4.98 Å². The lowest BCUT2D eigenvalue weighted by Crippen LogP contribution is -2.04. The zero-order chi connectivity index (χ0) is 9.68. The van der Waals surface area contributed by atoms with Crippen LogP contribution in [0.15, 0.2) is 12.3 Å². The van der Waals surface area contributed by atoms with Crippen LogP contribution in [0.3, 0.4) is 0 Å². The largest absolute Gasteiger partial charge is 0.490 e. The molecule has 0 fully saturated rings. The van der Waals surface area contributed by atoms with Gasteiger partial charge in [0.2, 0.25) is 0 Å². The van der Waals surface area contributed by atoms with Crippen molar-refractivity contribution in [1.82, 2.24) is 4.98 Å². The Morgan fingerprint density at radius 1 is 1.38 bits per heavy atom. The van der Waals surface area contributed by atoms with Gasteiger partial charge in [-0.1, -0.05) is 23.2 Å². The second-order valence-corrected chi connectivity index (χ2v) is 3.05. The van der Waals surface area contributed by atoms with Gasteiger partial charge >= 0.3 is 0 Å². The molecule has 0 aliphatic carbocycles. The van der Waals surface area contributed by atoms with E-state index in [0.29, 0.717) is 24.0 Å². The van der Waals surface area contributed by atoms with E-state index in [1.165, 1.54) is 6.20 Å². The number of aromatic nitrogens is 1. The van der Waals surface area contributed by atoms with Gasteiger partial charge in [0, 0.05) is 13.2 Å². The Balaban J connectivity index is 2.53. The molecule has 1 heterocycles. The van der Waals surface area contributed by atoms with Crippen LogP contribution in [0.2, 0.25) is 10.2 Å². The van der Waals surface area contributed by atoms with E-state index in [-0.39, 0.29) is 5.15 Å². The SMILES string of the molecule is COCCOc1cnc(Cl)c(Cl)c1. The van der Waals surface area contributed by atoms with Crippen molar-refractivity contribution in [1.29, 1.82) is 0 Å². The summed E-state index contributed by atoms with van der Waals surface area (Å²) in [6.07, 6.45) is 1.52. The van der Waals surface area contributed by atoms with Crippen molar-refractivity contribution in [3.63, 3.8) is 0 Å². The summed E-state index contributed by atoms with van der Waals surface area (Å²) in [6.45, 7) is 0.996. The summed E-state index contributed by atoms with van der Waals surface area (Å²) in [5.74, 6) is 0.589. The Hall–Kier alpha value is -0.510. The molecule has 5 heteroatoms. The van der Waals surface area contributed by atoms with E-state index in [4.69, 9.17) is 32.7 Å². The molecule has 1 aromatic heterocycles. The van der Waals surface area contributed by atoms with Crippen LogP contribution in [0.5, 0.6) is 5.75 Å². The van der Waals surface area contributed by atoms with Crippen molar-refractivity contribution in [2.75, 3.05) is 20.3 Å². The van der Waals surface area contributed by atoms with Crippen LogP contribution in [0.1, 0.15) is 0 Å². The maximum atomic E-state index is 5.72.